The van der Waals surface area contributed by atoms with E-state index in [1.54, 1.807) is 0 Å². The third-order valence-electron chi connectivity index (χ3n) is 4.56. The summed E-state index contributed by atoms with van der Waals surface area (Å²) in [5.41, 5.74) is 0. The van der Waals surface area contributed by atoms with E-state index in [2.05, 4.69) is 0 Å². The summed E-state index contributed by atoms with van der Waals surface area (Å²) in [7, 11) is 0. The molecule has 0 aromatic rings. The van der Waals surface area contributed by atoms with Gasteiger partial charge in [-0.2, -0.15) is 0 Å². The second kappa shape index (κ2) is 3.43. The zero-order valence-electron chi connectivity index (χ0n) is 9.76. The van der Waals surface area contributed by atoms with Gasteiger partial charge in [0, 0.05) is 18.9 Å². The van der Waals surface area contributed by atoms with Crippen LogP contribution in [0.3, 0.4) is 0 Å². The molecule has 1 aliphatic carbocycles. The first kappa shape index (κ1) is 10.3. The van der Waals surface area contributed by atoms with E-state index in [0.29, 0.717) is 37.5 Å². The summed E-state index contributed by atoms with van der Waals surface area (Å²) in [6, 6.07) is 0. The van der Waals surface area contributed by atoms with Crippen LogP contribution in [0.4, 0.5) is 0 Å². The number of hydrogen-bond acceptors (Lipinski definition) is 4. The van der Waals surface area contributed by atoms with Gasteiger partial charge in [-0.05, 0) is 11.8 Å². The van der Waals surface area contributed by atoms with Gasteiger partial charge >= 0.3 is 0 Å². The fraction of sp³-hybridized carbons (Fsp3) is 0.917. The Balaban J connectivity index is 1.42. The Hall–Kier alpha value is -0.650. The molecule has 94 valence electrons. The molecule has 0 aromatic heterocycles. The van der Waals surface area contributed by atoms with Gasteiger partial charge in [0.1, 0.15) is 0 Å². The molecule has 17 heavy (non-hydrogen) atoms. The molecule has 3 heterocycles. The summed E-state index contributed by atoms with van der Waals surface area (Å²) in [6.45, 7) is 4.24. The Kier molecular flexibility index (Phi) is 2.08. The third-order valence-corrected chi connectivity index (χ3v) is 4.56. The molecule has 0 aromatic carbocycles. The molecule has 4 rings (SSSR count). The van der Waals surface area contributed by atoms with Crippen LogP contribution in [0.1, 0.15) is 6.42 Å². The van der Waals surface area contributed by atoms with Crippen molar-refractivity contribution < 1.29 is 19.0 Å². The molecule has 3 saturated heterocycles. The van der Waals surface area contributed by atoms with Crippen molar-refractivity contribution in [1.29, 1.82) is 0 Å². The molecule has 5 nitrogen and oxygen atoms in total. The number of rotatable bonds is 1. The van der Waals surface area contributed by atoms with E-state index >= 15 is 0 Å². The fourth-order valence-corrected chi connectivity index (χ4v) is 3.49. The third kappa shape index (κ3) is 1.46. The molecule has 1 saturated carbocycles. The second-order valence-electron chi connectivity index (χ2n) is 5.51. The molecule has 0 radical (unpaired) electrons. The topological polar surface area (TPSA) is 48.0 Å². The highest BCUT2D eigenvalue weighted by atomic mass is 16.7. The molecule has 5 heteroatoms. The smallest absolute Gasteiger partial charge is 0.226 e. The van der Waals surface area contributed by atoms with Gasteiger partial charge in [-0.25, -0.2) is 0 Å². The molecule has 2 atom stereocenters. The predicted molar refractivity (Wildman–Crippen MR) is 57.1 cm³/mol. The number of hydrogen-bond donors (Lipinski definition) is 0. The van der Waals surface area contributed by atoms with Crippen molar-refractivity contribution >= 4 is 5.91 Å². The Morgan fingerprint density at radius 1 is 1.18 bits per heavy atom. The Morgan fingerprint density at radius 2 is 1.88 bits per heavy atom. The van der Waals surface area contributed by atoms with E-state index in [9.17, 15) is 4.79 Å². The predicted octanol–water partition coefficient (Wildman–Crippen LogP) is -0.146. The molecular weight excluding hydrogens is 222 g/mol. The highest BCUT2D eigenvalue weighted by molar-refractivity contribution is 5.83. The standard InChI is InChI=1S/C12H17NO4/c14-11(10-8-5-15-6-9(8)10)13-2-1-12(7-13)16-3-4-17-12/h8-10H,1-7H2. The maximum atomic E-state index is 12.3. The zero-order valence-corrected chi connectivity index (χ0v) is 9.76. The first-order valence-electron chi connectivity index (χ1n) is 6.44. The number of carbonyl (C=O) groups is 1. The summed E-state index contributed by atoms with van der Waals surface area (Å²) in [4.78, 5) is 14.2. The average molecular weight is 239 g/mol. The molecule has 0 N–H and O–H groups in total. The molecule has 2 unspecified atom stereocenters. The maximum absolute atomic E-state index is 12.3. The van der Waals surface area contributed by atoms with Gasteiger partial charge in [-0.15, -0.1) is 0 Å². The summed E-state index contributed by atoms with van der Waals surface area (Å²) in [5.74, 6) is 1.02. The molecular formula is C12H17NO4. The monoisotopic (exact) mass is 239 g/mol. The average Bonchev–Trinajstić information content (AvgIpc) is 2.85. The zero-order chi connectivity index (χ0) is 11.5. The van der Waals surface area contributed by atoms with E-state index in [1.165, 1.54) is 0 Å². The van der Waals surface area contributed by atoms with Crippen molar-refractivity contribution in [2.24, 2.45) is 17.8 Å². The van der Waals surface area contributed by atoms with E-state index < -0.39 is 5.79 Å². The molecule has 1 spiro atoms. The van der Waals surface area contributed by atoms with Crippen molar-refractivity contribution in [3.05, 3.63) is 0 Å². The van der Waals surface area contributed by atoms with Crippen LogP contribution in [0.2, 0.25) is 0 Å². The van der Waals surface area contributed by atoms with Gasteiger partial charge in [0.15, 0.2) is 5.79 Å². The lowest BCUT2D eigenvalue weighted by atomic mass is 10.2. The largest absolute Gasteiger partial charge is 0.381 e. The minimum atomic E-state index is -0.476. The number of likely N-dealkylation sites (tertiary alicyclic amines) is 1. The summed E-state index contributed by atoms with van der Waals surface area (Å²) >= 11 is 0. The lowest BCUT2D eigenvalue weighted by molar-refractivity contribution is -0.153. The van der Waals surface area contributed by atoms with Gasteiger partial charge < -0.3 is 19.1 Å². The normalized spacial score (nSPS) is 42.1. The number of fused-ring (bicyclic) bond motifs is 1. The number of nitrogens with zero attached hydrogens (tertiary/aromatic N) is 1. The van der Waals surface area contributed by atoms with Crippen LogP contribution >= 0.6 is 0 Å². The first-order valence-corrected chi connectivity index (χ1v) is 6.44. The van der Waals surface area contributed by atoms with Crippen molar-refractivity contribution in [3.63, 3.8) is 0 Å². The van der Waals surface area contributed by atoms with Gasteiger partial charge in [0.25, 0.3) is 0 Å². The van der Waals surface area contributed by atoms with Crippen molar-refractivity contribution in [2.75, 3.05) is 39.5 Å². The second-order valence-corrected chi connectivity index (χ2v) is 5.51. The Labute approximate surface area is 100.0 Å². The van der Waals surface area contributed by atoms with E-state index in [1.807, 2.05) is 4.90 Å². The minimum absolute atomic E-state index is 0.223. The molecule has 4 fully saturated rings. The highest BCUT2D eigenvalue weighted by Gasteiger charge is 2.60. The number of amides is 1. The molecule has 0 bridgehead atoms. The number of ether oxygens (including phenoxy) is 3. The summed E-state index contributed by atoms with van der Waals surface area (Å²) in [5, 5.41) is 0. The maximum Gasteiger partial charge on any atom is 0.226 e. The molecule has 4 aliphatic rings. The minimum Gasteiger partial charge on any atom is -0.381 e. The summed E-state index contributed by atoms with van der Waals surface area (Å²) in [6.07, 6.45) is 0.817. The van der Waals surface area contributed by atoms with Gasteiger partial charge in [0.05, 0.1) is 33.0 Å². The molecule has 3 aliphatic heterocycles. The van der Waals surface area contributed by atoms with Crippen LogP contribution in [0.5, 0.6) is 0 Å². The number of carbonyl (C=O) groups excluding carboxylic acids is 1. The Morgan fingerprint density at radius 3 is 2.59 bits per heavy atom. The van der Waals surface area contributed by atoms with Crippen LogP contribution in [-0.4, -0.2) is 56.1 Å². The van der Waals surface area contributed by atoms with E-state index in [-0.39, 0.29) is 5.92 Å². The van der Waals surface area contributed by atoms with Crippen molar-refractivity contribution in [2.45, 2.75) is 12.2 Å². The van der Waals surface area contributed by atoms with Crippen LogP contribution in [0, 0.1) is 17.8 Å². The van der Waals surface area contributed by atoms with Crippen LogP contribution in [0.25, 0.3) is 0 Å². The lowest BCUT2D eigenvalue weighted by Gasteiger charge is -2.22. The highest BCUT2D eigenvalue weighted by Crippen LogP contribution is 2.52. The van der Waals surface area contributed by atoms with E-state index in [0.717, 1.165) is 26.2 Å². The van der Waals surface area contributed by atoms with Crippen LogP contribution in [-0.2, 0) is 19.0 Å². The van der Waals surface area contributed by atoms with E-state index in [4.69, 9.17) is 14.2 Å². The quantitative estimate of drug-likeness (QED) is 0.638. The first-order chi connectivity index (χ1) is 8.29. The Bertz CT molecular complexity index is 342. The lowest BCUT2D eigenvalue weighted by Crippen LogP contribution is -2.38. The van der Waals surface area contributed by atoms with Crippen molar-refractivity contribution in [1.82, 2.24) is 4.90 Å². The van der Waals surface area contributed by atoms with Gasteiger partial charge in [0.2, 0.25) is 5.91 Å². The van der Waals surface area contributed by atoms with Crippen molar-refractivity contribution in [3.8, 4) is 0 Å². The fourth-order valence-electron chi connectivity index (χ4n) is 3.49. The molecule has 1 amide bonds. The van der Waals surface area contributed by atoms with Crippen LogP contribution in [0.15, 0.2) is 0 Å². The summed E-state index contributed by atoms with van der Waals surface area (Å²) < 4.78 is 16.6. The van der Waals surface area contributed by atoms with Crippen LogP contribution < -0.4 is 0 Å². The van der Waals surface area contributed by atoms with Gasteiger partial charge in [-0.1, -0.05) is 0 Å². The SMILES string of the molecule is O=C(C1C2COCC21)N1CCC2(C1)OCCO2. The van der Waals surface area contributed by atoms with Gasteiger partial charge in [-0.3, -0.25) is 4.79 Å².